The quantitative estimate of drug-likeness (QED) is 0.704. The molecule has 5 nitrogen and oxygen atoms in total. The van der Waals surface area contributed by atoms with Crippen LogP contribution in [0.1, 0.15) is 29.9 Å². The maximum atomic E-state index is 13.0. The molecule has 0 fully saturated rings. The normalized spacial score (nSPS) is 10.8. The van der Waals surface area contributed by atoms with Gasteiger partial charge in [-0.15, -0.1) is 0 Å². The smallest absolute Gasteiger partial charge is 0.272 e. The number of aromatic nitrogens is 1. The Kier molecular flexibility index (Phi) is 5.16. The standard InChI is InChI=1S/C21H24N2O3/c1-5-23-19-12-11-17(26-6-2)13-18(19)14(3)20(23)21(24)22-15-7-9-16(25-4)10-8-15/h7-13H,5-6H2,1-4H3,(H,22,24). The van der Waals surface area contributed by atoms with E-state index in [1.165, 1.54) is 0 Å². The summed E-state index contributed by atoms with van der Waals surface area (Å²) >= 11 is 0. The molecule has 3 aromatic rings. The summed E-state index contributed by atoms with van der Waals surface area (Å²) < 4.78 is 12.8. The Morgan fingerprint density at radius 1 is 1.08 bits per heavy atom. The number of hydrogen-bond acceptors (Lipinski definition) is 3. The van der Waals surface area contributed by atoms with Crippen molar-refractivity contribution in [2.24, 2.45) is 0 Å². The van der Waals surface area contributed by atoms with Gasteiger partial charge in [0, 0.05) is 23.1 Å². The average Bonchev–Trinajstić information content (AvgIpc) is 2.94. The third kappa shape index (κ3) is 3.25. The Bertz CT molecular complexity index is 927. The van der Waals surface area contributed by atoms with E-state index in [4.69, 9.17) is 9.47 Å². The fraction of sp³-hybridized carbons (Fsp3) is 0.286. The van der Waals surface area contributed by atoms with Crippen LogP contribution in [0.15, 0.2) is 42.5 Å². The van der Waals surface area contributed by atoms with Crippen molar-refractivity contribution in [3.8, 4) is 11.5 Å². The highest BCUT2D eigenvalue weighted by atomic mass is 16.5. The van der Waals surface area contributed by atoms with Crippen LogP contribution in [-0.4, -0.2) is 24.2 Å². The van der Waals surface area contributed by atoms with E-state index in [-0.39, 0.29) is 5.91 Å². The molecular weight excluding hydrogens is 328 g/mol. The van der Waals surface area contributed by atoms with Gasteiger partial charge < -0.3 is 19.4 Å². The lowest BCUT2D eigenvalue weighted by molar-refractivity contribution is 0.101. The molecular formula is C21H24N2O3. The molecule has 0 radical (unpaired) electrons. The molecule has 0 saturated carbocycles. The van der Waals surface area contributed by atoms with Gasteiger partial charge in [0.2, 0.25) is 0 Å². The Labute approximate surface area is 153 Å². The first-order valence-electron chi connectivity index (χ1n) is 8.80. The molecule has 3 rings (SSSR count). The number of amides is 1. The Morgan fingerprint density at radius 2 is 1.77 bits per heavy atom. The lowest BCUT2D eigenvalue weighted by atomic mass is 10.1. The molecule has 0 unspecified atom stereocenters. The van der Waals surface area contributed by atoms with Gasteiger partial charge in [-0.25, -0.2) is 0 Å². The number of anilines is 1. The molecule has 2 aromatic carbocycles. The fourth-order valence-corrected chi connectivity index (χ4v) is 3.24. The first-order valence-corrected chi connectivity index (χ1v) is 8.80. The summed E-state index contributed by atoms with van der Waals surface area (Å²) in [5, 5.41) is 4.02. The summed E-state index contributed by atoms with van der Waals surface area (Å²) in [5.74, 6) is 1.45. The van der Waals surface area contributed by atoms with Gasteiger partial charge in [0.25, 0.3) is 5.91 Å². The van der Waals surface area contributed by atoms with Crippen molar-refractivity contribution in [3.63, 3.8) is 0 Å². The van der Waals surface area contributed by atoms with Crippen molar-refractivity contribution in [2.75, 3.05) is 19.0 Å². The minimum absolute atomic E-state index is 0.122. The summed E-state index contributed by atoms with van der Waals surface area (Å²) in [6, 6.07) is 13.3. The van der Waals surface area contributed by atoms with E-state index < -0.39 is 0 Å². The van der Waals surface area contributed by atoms with Crippen LogP contribution in [0, 0.1) is 6.92 Å². The van der Waals surface area contributed by atoms with Gasteiger partial charge in [0.15, 0.2) is 0 Å². The summed E-state index contributed by atoms with van der Waals surface area (Å²) in [5.41, 5.74) is 3.40. The highest BCUT2D eigenvalue weighted by Crippen LogP contribution is 2.30. The van der Waals surface area contributed by atoms with E-state index in [0.29, 0.717) is 18.8 Å². The van der Waals surface area contributed by atoms with Crippen LogP contribution in [0.5, 0.6) is 11.5 Å². The number of hydrogen-bond donors (Lipinski definition) is 1. The lowest BCUT2D eigenvalue weighted by Crippen LogP contribution is -2.17. The van der Waals surface area contributed by atoms with Crippen LogP contribution in [0.2, 0.25) is 0 Å². The second-order valence-electron chi connectivity index (χ2n) is 6.01. The predicted octanol–water partition coefficient (Wildman–Crippen LogP) is 4.63. The Morgan fingerprint density at radius 3 is 2.38 bits per heavy atom. The molecule has 1 amide bonds. The van der Waals surface area contributed by atoms with E-state index >= 15 is 0 Å². The fourth-order valence-electron chi connectivity index (χ4n) is 3.24. The maximum Gasteiger partial charge on any atom is 0.272 e. The van der Waals surface area contributed by atoms with Crippen LogP contribution in [0.3, 0.4) is 0 Å². The minimum Gasteiger partial charge on any atom is -0.497 e. The number of aryl methyl sites for hydroxylation is 2. The number of benzene rings is 2. The highest BCUT2D eigenvalue weighted by molar-refractivity contribution is 6.08. The number of fused-ring (bicyclic) bond motifs is 1. The van der Waals surface area contributed by atoms with Crippen molar-refractivity contribution in [2.45, 2.75) is 27.3 Å². The van der Waals surface area contributed by atoms with E-state index in [1.807, 2.05) is 67.8 Å². The zero-order valence-corrected chi connectivity index (χ0v) is 15.6. The Hall–Kier alpha value is -2.95. The monoisotopic (exact) mass is 352 g/mol. The molecule has 0 aliphatic heterocycles. The molecule has 0 aliphatic rings. The summed E-state index contributed by atoms with van der Waals surface area (Å²) in [4.78, 5) is 13.0. The van der Waals surface area contributed by atoms with Crippen molar-refractivity contribution in [1.82, 2.24) is 4.57 Å². The van der Waals surface area contributed by atoms with Gasteiger partial charge in [-0.2, -0.15) is 0 Å². The van der Waals surface area contributed by atoms with E-state index in [1.54, 1.807) is 7.11 Å². The summed E-state index contributed by atoms with van der Waals surface area (Å²) in [6.45, 7) is 7.31. The molecule has 136 valence electrons. The second kappa shape index (κ2) is 7.52. The Balaban J connectivity index is 1.99. The third-order valence-corrected chi connectivity index (χ3v) is 4.48. The molecule has 1 aromatic heterocycles. The molecule has 1 heterocycles. The van der Waals surface area contributed by atoms with Crippen molar-refractivity contribution < 1.29 is 14.3 Å². The number of methoxy groups -OCH3 is 1. The maximum absolute atomic E-state index is 13.0. The minimum atomic E-state index is -0.122. The van der Waals surface area contributed by atoms with Crippen LogP contribution in [0.25, 0.3) is 10.9 Å². The molecule has 1 N–H and O–H groups in total. The number of ether oxygens (including phenoxy) is 2. The first kappa shape index (κ1) is 17.9. The van der Waals surface area contributed by atoms with Crippen LogP contribution < -0.4 is 14.8 Å². The topological polar surface area (TPSA) is 52.5 Å². The zero-order chi connectivity index (χ0) is 18.7. The van der Waals surface area contributed by atoms with E-state index in [9.17, 15) is 4.79 Å². The van der Waals surface area contributed by atoms with E-state index in [2.05, 4.69) is 5.32 Å². The second-order valence-corrected chi connectivity index (χ2v) is 6.01. The van der Waals surface area contributed by atoms with Gasteiger partial charge in [-0.05, 0) is 68.8 Å². The highest BCUT2D eigenvalue weighted by Gasteiger charge is 2.20. The van der Waals surface area contributed by atoms with Crippen molar-refractivity contribution >= 4 is 22.5 Å². The number of nitrogens with zero attached hydrogens (tertiary/aromatic N) is 1. The average molecular weight is 352 g/mol. The first-order chi connectivity index (χ1) is 12.6. The third-order valence-electron chi connectivity index (χ3n) is 4.48. The van der Waals surface area contributed by atoms with E-state index in [0.717, 1.165) is 33.7 Å². The molecule has 26 heavy (non-hydrogen) atoms. The molecule has 0 aliphatic carbocycles. The summed E-state index contributed by atoms with van der Waals surface area (Å²) in [6.07, 6.45) is 0. The lowest BCUT2D eigenvalue weighted by Gasteiger charge is -2.10. The molecule has 0 spiro atoms. The van der Waals surface area contributed by atoms with Gasteiger partial charge in [-0.1, -0.05) is 0 Å². The van der Waals surface area contributed by atoms with Crippen molar-refractivity contribution in [1.29, 1.82) is 0 Å². The predicted molar refractivity (Wildman–Crippen MR) is 104 cm³/mol. The SMILES string of the molecule is CCOc1ccc2c(c1)c(C)c(C(=O)Nc1ccc(OC)cc1)n2CC. The molecule has 0 bridgehead atoms. The molecule has 0 atom stereocenters. The summed E-state index contributed by atoms with van der Waals surface area (Å²) in [7, 11) is 1.62. The number of carbonyl (C=O) groups excluding carboxylic acids is 1. The number of nitrogens with one attached hydrogen (secondary N) is 1. The van der Waals surface area contributed by atoms with Crippen LogP contribution >= 0.6 is 0 Å². The van der Waals surface area contributed by atoms with Gasteiger partial charge in [-0.3, -0.25) is 4.79 Å². The molecule has 0 saturated heterocycles. The zero-order valence-electron chi connectivity index (χ0n) is 15.6. The number of rotatable bonds is 6. The van der Waals surface area contributed by atoms with Gasteiger partial charge in [0.1, 0.15) is 17.2 Å². The van der Waals surface area contributed by atoms with Crippen molar-refractivity contribution in [3.05, 3.63) is 53.7 Å². The molecule has 5 heteroatoms. The van der Waals surface area contributed by atoms with Crippen LogP contribution in [0.4, 0.5) is 5.69 Å². The largest absolute Gasteiger partial charge is 0.497 e. The van der Waals surface area contributed by atoms with Crippen LogP contribution in [-0.2, 0) is 6.54 Å². The van der Waals surface area contributed by atoms with Gasteiger partial charge >= 0.3 is 0 Å². The number of carbonyl (C=O) groups is 1. The van der Waals surface area contributed by atoms with Gasteiger partial charge in [0.05, 0.1) is 13.7 Å².